The summed E-state index contributed by atoms with van der Waals surface area (Å²) in [5.74, 6) is -1.19. The van der Waals surface area contributed by atoms with Crippen LogP contribution in [0.15, 0.2) is 42.9 Å². The lowest BCUT2D eigenvalue weighted by Crippen LogP contribution is -2.45. The molecule has 0 saturated heterocycles. The van der Waals surface area contributed by atoms with Gasteiger partial charge in [-0.3, -0.25) is 9.59 Å². The number of primary amides is 1. The predicted octanol–water partition coefficient (Wildman–Crippen LogP) is -0.461. The molecule has 0 unspecified atom stereocenters. The van der Waals surface area contributed by atoms with E-state index in [9.17, 15) is 14.4 Å². The van der Waals surface area contributed by atoms with E-state index in [1.807, 2.05) is 30.3 Å². The number of aromatic nitrogens is 2. The maximum absolute atomic E-state index is 12.0. The molecule has 1 heterocycles. The molecule has 132 valence electrons. The second-order valence-corrected chi connectivity index (χ2v) is 5.31. The summed E-state index contributed by atoms with van der Waals surface area (Å²) >= 11 is 0. The van der Waals surface area contributed by atoms with Gasteiger partial charge in [0.25, 0.3) is 0 Å². The highest BCUT2D eigenvalue weighted by Gasteiger charge is 2.17. The molecule has 0 fully saturated rings. The van der Waals surface area contributed by atoms with Crippen molar-refractivity contribution < 1.29 is 19.1 Å². The number of carbonyl (C=O) groups excluding carboxylic acids is 3. The molecule has 1 aromatic heterocycles. The summed E-state index contributed by atoms with van der Waals surface area (Å²) in [6.07, 6.45) is 2.24. The van der Waals surface area contributed by atoms with Crippen molar-refractivity contribution in [2.24, 2.45) is 11.5 Å². The Morgan fingerprint density at radius 1 is 1.24 bits per heavy atom. The summed E-state index contributed by atoms with van der Waals surface area (Å²) in [6, 6.07) is 8.35. The first kappa shape index (κ1) is 18.1. The van der Waals surface area contributed by atoms with E-state index < -0.39 is 23.9 Å². The van der Waals surface area contributed by atoms with Crippen LogP contribution >= 0.6 is 0 Å². The summed E-state index contributed by atoms with van der Waals surface area (Å²) in [6.45, 7) is -0.144. The number of hydrogen-bond acceptors (Lipinski definition) is 6. The Kier molecular flexibility index (Phi) is 6.24. The van der Waals surface area contributed by atoms with Crippen LogP contribution in [0.3, 0.4) is 0 Å². The van der Waals surface area contributed by atoms with Crippen LogP contribution in [-0.4, -0.2) is 40.0 Å². The molecule has 0 aliphatic carbocycles. The monoisotopic (exact) mass is 345 g/mol. The third-order valence-electron chi connectivity index (χ3n) is 3.25. The zero-order chi connectivity index (χ0) is 18.2. The largest absolute Gasteiger partial charge is 0.444 e. The number of nitrogens with one attached hydrogen (secondary N) is 1. The first-order valence-corrected chi connectivity index (χ1v) is 7.51. The van der Waals surface area contributed by atoms with Crippen LogP contribution < -0.4 is 16.8 Å². The van der Waals surface area contributed by atoms with Crippen LogP contribution in [0, 0.1) is 0 Å². The van der Waals surface area contributed by atoms with Crippen molar-refractivity contribution in [1.29, 1.82) is 0 Å². The number of amides is 2. The standard InChI is InChI=1S/C16H19N5O4/c17-13(15(23)19-7-14(18)22)6-12-8-21(10-20-12)16(24)25-9-11-4-2-1-3-5-11/h1-5,8,10,13H,6-7,9,17H2,(H2,18,22)(H,19,23)/t13-/m0/s1. The fourth-order valence-electron chi connectivity index (χ4n) is 1.99. The van der Waals surface area contributed by atoms with Crippen LogP contribution in [0.25, 0.3) is 0 Å². The number of benzene rings is 1. The third kappa shape index (κ3) is 5.74. The number of rotatable bonds is 7. The molecule has 2 aromatic rings. The van der Waals surface area contributed by atoms with Gasteiger partial charge in [0.1, 0.15) is 12.9 Å². The fraction of sp³-hybridized carbons (Fsp3) is 0.250. The molecule has 2 rings (SSSR count). The molecular weight excluding hydrogens is 326 g/mol. The third-order valence-corrected chi connectivity index (χ3v) is 3.25. The van der Waals surface area contributed by atoms with Crippen molar-refractivity contribution >= 4 is 17.9 Å². The second-order valence-electron chi connectivity index (χ2n) is 5.31. The van der Waals surface area contributed by atoms with Gasteiger partial charge in [-0.15, -0.1) is 0 Å². The van der Waals surface area contributed by atoms with Gasteiger partial charge in [0.15, 0.2) is 0 Å². The summed E-state index contributed by atoms with van der Waals surface area (Å²) in [4.78, 5) is 38.3. The molecule has 5 N–H and O–H groups in total. The number of carbonyl (C=O) groups is 3. The fourth-order valence-corrected chi connectivity index (χ4v) is 1.99. The number of hydrogen-bond donors (Lipinski definition) is 3. The molecule has 2 amide bonds. The highest BCUT2D eigenvalue weighted by atomic mass is 16.5. The van der Waals surface area contributed by atoms with Gasteiger partial charge in [0, 0.05) is 12.6 Å². The average Bonchev–Trinajstić information content (AvgIpc) is 3.07. The summed E-state index contributed by atoms with van der Waals surface area (Å²) in [5.41, 5.74) is 12.0. The van der Waals surface area contributed by atoms with Crippen molar-refractivity contribution in [1.82, 2.24) is 14.9 Å². The van der Waals surface area contributed by atoms with Crippen molar-refractivity contribution in [3.8, 4) is 0 Å². The lowest BCUT2D eigenvalue weighted by atomic mass is 10.1. The Balaban J connectivity index is 1.85. The van der Waals surface area contributed by atoms with E-state index in [0.29, 0.717) is 5.69 Å². The van der Waals surface area contributed by atoms with Crippen LogP contribution in [0.5, 0.6) is 0 Å². The minimum Gasteiger partial charge on any atom is -0.444 e. The Bertz CT molecular complexity index is 744. The Hall–Kier alpha value is -3.20. The summed E-state index contributed by atoms with van der Waals surface area (Å²) in [5, 5.41) is 2.31. The van der Waals surface area contributed by atoms with Crippen LogP contribution in [0.2, 0.25) is 0 Å². The van der Waals surface area contributed by atoms with Crippen molar-refractivity contribution in [3.05, 3.63) is 54.1 Å². The van der Waals surface area contributed by atoms with Gasteiger partial charge in [-0.2, -0.15) is 0 Å². The number of ether oxygens (including phenoxy) is 1. The molecule has 0 bridgehead atoms. The maximum atomic E-state index is 12.0. The molecular formula is C16H19N5O4. The highest BCUT2D eigenvalue weighted by molar-refractivity contribution is 5.86. The smallest absolute Gasteiger partial charge is 0.419 e. The number of nitrogens with two attached hydrogens (primary N) is 2. The van der Waals surface area contributed by atoms with E-state index in [1.165, 1.54) is 17.1 Å². The minimum atomic E-state index is -0.914. The minimum absolute atomic E-state index is 0.101. The van der Waals surface area contributed by atoms with Gasteiger partial charge >= 0.3 is 6.09 Å². The molecule has 9 nitrogen and oxygen atoms in total. The lowest BCUT2D eigenvalue weighted by molar-refractivity contribution is -0.125. The van der Waals surface area contributed by atoms with E-state index in [-0.39, 0.29) is 19.6 Å². The van der Waals surface area contributed by atoms with E-state index in [4.69, 9.17) is 16.2 Å². The lowest BCUT2D eigenvalue weighted by Gasteiger charge is -2.09. The van der Waals surface area contributed by atoms with Crippen LogP contribution in [0.1, 0.15) is 11.3 Å². The SMILES string of the molecule is NC(=O)CNC(=O)[C@@H](N)Cc1cn(C(=O)OCc2ccccc2)cn1. The van der Waals surface area contributed by atoms with Crippen LogP contribution in [0.4, 0.5) is 4.79 Å². The highest BCUT2D eigenvalue weighted by Crippen LogP contribution is 2.04. The van der Waals surface area contributed by atoms with Gasteiger partial charge in [0.05, 0.1) is 18.3 Å². The zero-order valence-corrected chi connectivity index (χ0v) is 13.4. The predicted molar refractivity (Wildman–Crippen MR) is 88.1 cm³/mol. The average molecular weight is 345 g/mol. The van der Waals surface area contributed by atoms with Crippen molar-refractivity contribution in [2.75, 3.05) is 6.54 Å². The normalized spacial score (nSPS) is 11.6. The van der Waals surface area contributed by atoms with E-state index in [0.717, 1.165) is 5.56 Å². The van der Waals surface area contributed by atoms with E-state index in [1.54, 1.807) is 0 Å². The Morgan fingerprint density at radius 3 is 2.64 bits per heavy atom. The first-order valence-electron chi connectivity index (χ1n) is 7.51. The van der Waals surface area contributed by atoms with E-state index >= 15 is 0 Å². The van der Waals surface area contributed by atoms with Crippen LogP contribution in [-0.2, 0) is 27.4 Å². The Morgan fingerprint density at radius 2 is 1.96 bits per heavy atom. The van der Waals surface area contributed by atoms with Crippen molar-refractivity contribution in [2.45, 2.75) is 19.1 Å². The molecule has 0 spiro atoms. The van der Waals surface area contributed by atoms with Gasteiger partial charge in [-0.1, -0.05) is 30.3 Å². The van der Waals surface area contributed by atoms with Gasteiger partial charge in [-0.05, 0) is 5.56 Å². The quantitative estimate of drug-likeness (QED) is 0.620. The molecule has 0 radical (unpaired) electrons. The molecule has 25 heavy (non-hydrogen) atoms. The van der Waals surface area contributed by atoms with Gasteiger partial charge in [0.2, 0.25) is 11.8 Å². The summed E-state index contributed by atoms with van der Waals surface area (Å²) < 4.78 is 6.34. The van der Waals surface area contributed by atoms with Gasteiger partial charge in [-0.25, -0.2) is 14.3 Å². The van der Waals surface area contributed by atoms with Crippen molar-refractivity contribution in [3.63, 3.8) is 0 Å². The molecule has 1 atom stereocenters. The number of nitrogens with zero attached hydrogens (tertiary/aromatic N) is 2. The molecule has 9 heteroatoms. The molecule has 1 aromatic carbocycles. The molecule has 0 saturated carbocycles. The topological polar surface area (TPSA) is 142 Å². The van der Waals surface area contributed by atoms with E-state index in [2.05, 4.69) is 10.3 Å². The maximum Gasteiger partial charge on any atom is 0.419 e. The summed E-state index contributed by atoms with van der Waals surface area (Å²) in [7, 11) is 0. The second kappa shape index (κ2) is 8.60. The zero-order valence-electron chi connectivity index (χ0n) is 13.4. The Labute approximate surface area is 144 Å². The first-order chi connectivity index (χ1) is 12.0. The number of imidazole rings is 1. The van der Waals surface area contributed by atoms with Gasteiger partial charge < -0.3 is 21.5 Å². The molecule has 0 aliphatic heterocycles. The molecule has 0 aliphatic rings.